The number of benzene rings is 2. The zero-order chi connectivity index (χ0) is 23.9. The Morgan fingerprint density at radius 1 is 1.09 bits per heavy atom. The zero-order valence-electron chi connectivity index (χ0n) is 20.1. The molecule has 1 aliphatic heterocycles. The molecule has 6 nitrogen and oxygen atoms in total. The molecule has 2 N–H and O–H groups in total. The van der Waals surface area contributed by atoms with E-state index in [2.05, 4.69) is 36.2 Å². The smallest absolute Gasteiger partial charge is 0.337 e. The highest BCUT2D eigenvalue weighted by Gasteiger charge is 2.27. The van der Waals surface area contributed by atoms with Gasteiger partial charge in [-0.1, -0.05) is 32.0 Å². The number of carbonyl (C=O) groups is 1. The van der Waals surface area contributed by atoms with E-state index in [0.717, 1.165) is 48.3 Å². The Balaban J connectivity index is 1.80. The lowest BCUT2D eigenvalue weighted by molar-refractivity contribution is 0.0698. The first-order valence-electron chi connectivity index (χ1n) is 11.6. The maximum atomic E-state index is 13.4. The summed E-state index contributed by atoms with van der Waals surface area (Å²) in [6, 6.07) is 12.9. The summed E-state index contributed by atoms with van der Waals surface area (Å²) >= 11 is 0. The monoisotopic (exact) mass is 447 g/mol. The molecule has 3 aromatic rings. The highest BCUT2D eigenvalue weighted by atomic mass is 16.4. The summed E-state index contributed by atoms with van der Waals surface area (Å²) in [5, 5.41) is 14.5. The number of hydrogen-bond acceptors (Lipinski definition) is 4. The van der Waals surface area contributed by atoms with Crippen LogP contribution >= 0.6 is 0 Å². The summed E-state index contributed by atoms with van der Waals surface area (Å²) < 4.78 is 1.77. The lowest BCUT2D eigenvalue weighted by Crippen LogP contribution is -2.40. The molecule has 0 spiro atoms. The molecule has 0 aliphatic carbocycles. The van der Waals surface area contributed by atoms with Gasteiger partial charge in [-0.25, -0.2) is 4.79 Å². The minimum atomic E-state index is -0.969. The molecule has 1 atom stereocenters. The second-order valence-corrected chi connectivity index (χ2v) is 10.1. The standard InChI is InChI=1S/C27H33N3O3/c1-17-14-20(18(2)28-23-9-7-6-8-19(23)26(32)33)21-16-24(29(5)25(31)22(21)15-17)30-12-10-27(3,4)11-13-30/h6-9,14-16,18,28H,10-13H2,1-5H3,(H,32,33)/t18-/m0/s1. The fourth-order valence-corrected chi connectivity index (χ4v) is 4.78. The van der Waals surface area contributed by atoms with E-state index in [9.17, 15) is 14.7 Å². The number of fused-ring (bicyclic) bond motifs is 1. The SMILES string of the molecule is Cc1cc([C@H](C)Nc2ccccc2C(=O)O)c2cc(N3CCC(C)(C)CC3)n(C)c(=O)c2c1. The number of nitrogens with one attached hydrogen (secondary N) is 1. The quantitative estimate of drug-likeness (QED) is 0.552. The second kappa shape index (κ2) is 8.58. The Bertz CT molecular complexity index is 1270. The highest BCUT2D eigenvalue weighted by molar-refractivity contribution is 5.94. The van der Waals surface area contributed by atoms with Gasteiger partial charge < -0.3 is 15.3 Å². The average Bonchev–Trinajstić information content (AvgIpc) is 2.76. The van der Waals surface area contributed by atoms with Gasteiger partial charge in [0, 0.05) is 37.3 Å². The molecule has 2 heterocycles. The Morgan fingerprint density at radius 3 is 2.42 bits per heavy atom. The third kappa shape index (κ3) is 4.47. The molecular weight excluding hydrogens is 414 g/mol. The summed E-state index contributed by atoms with van der Waals surface area (Å²) in [6.45, 7) is 10.4. The molecule has 0 amide bonds. The van der Waals surface area contributed by atoms with Gasteiger partial charge in [0.1, 0.15) is 5.82 Å². The van der Waals surface area contributed by atoms with Crippen LogP contribution < -0.4 is 15.8 Å². The number of para-hydroxylation sites is 1. The van der Waals surface area contributed by atoms with Crippen LogP contribution in [0.1, 0.15) is 61.1 Å². The van der Waals surface area contributed by atoms with Gasteiger partial charge >= 0.3 is 5.97 Å². The predicted octanol–water partition coefficient (Wildman–Crippen LogP) is 5.34. The molecule has 0 bridgehead atoms. The third-order valence-electron chi connectivity index (χ3n) is 6.95. The molecule has 2 aromatic carbocycles. The van der Waals surface area contributed by atoms with Crippen molar-refractivity contribution in [3.05, 3.63) is 69.5 Å². The van der Waals surface area contributed by atoms with E-state index in [0.29, 0.717) is 16.5 Å². The van der Waals surface area contributed by atoms with Gasteiger partial charge in [0.05, 0.1) is 5.56 Å². The first kappa shape index (κ1) is 22.9. The normalized spacial score (nSPS) is 16.6. The van der Waals surface area contributed by atoms with Crippen LogP contribution in [0.3, 0.4) is 0 Å². The Kier molecular flexibility index (Phi) is 5.95. The minimum Gasteiger partial charge on any atom is -0.478 e. The number of carboxylic acid groups (broad SMARTS) is 1. The lowest BCUT2D eigenvalue weighted by atomic mass is 9.82. The van der Waals surface area contributed by atoms with Crippen molar-refractivity contribution in [2.24, 2.45) is 12.5 Å². The predicted molar refractivity (Wildman–Crippen MR) is 135 cm³/mol. The molecule has 0 radical (unpaired) electrons. The minimum absolute atomic E-state index is 0.00424. The second-order valence-electron chi connectivity index (χ2n) is 10.1. The molecule has 33 heavy (non-hydrogen) atoms. The van der Waals surface area contributed by atoms with Crippen LogP contribution in [0.4, 0.5) is 11.5 Å². The number of rotatable bonds is 5. The third-order valence-corrected chi connectivity index (χ3v) is 6.95. The molecule has 1 aliphatic rings. The molecule has 1 saturated heterocycles. The van der Waals surface area contributed by atoms with Gasteiger partial charge in [-0.05, 0) is 72.9 Å². The number of aromatic nitrogens is 1. The van der Waals surface area contributed by atoms with Gasteiger partial charge in [-0.15, -0.1) is 0 Å². The number of piperidine rings is 1. The molecule has 4 rings (SSSR count). The molecule has 0 unspecified atom stereocenters. The average molecular weight is 448 g/mol. The van der Waals surface area contributed by atoms with Crippen molar-refractivity contribution >= 4 is 28.2 Å². The van der Waals surface area contributed by atoms with Gasteiger partial charge in [0.2, 0.25) is 0 Å². The van der Waals surface area contributed by atoms with Crippen LogP contribution in [-0.2, 0) is 7.05 Å². The van der Waals surface area contributed by atoms with Crippen LogP contribution in [0.25, 0.3) is 10.8 Å². The molecule has 174 valence electrons. The first-order chi connectivity index (χ1) is 15.6. The van der Waals surface area contributed by atoms with E-state index in [1.165, 1.54) is 0 Å². The van der Waals surface area contributed by atoms with Crippen molar-refractivity contribution in [2.75, 3.05) is 23.3 Å². The summed E-state index contributed by atoms with van der Waals surface area (Å²) in [5.41, 5.74) is 3.10. The number of aromatic carboxylic acids is 1. The van der Waals surface area contributed by atoms with Crippen molar-refractivity contribution in [3.8, 4) is 0 Å². The topological polar surface area (TPSA) is 74.6 Å². The van der Waals surface area contributed by atoms with Gasteiger partial charge in [-0.2, -0.15) is 0 Å². The van der Waals surface area contributed by atoms with Gasteiger partial charge in [0.25, 0.3) is 5.56 Å². The van der Waals surface area contributed by atoms with E-state index in [-0.39, 0.29) is 17.2 Å². The molecule has 1 aromatic heterocycles. The summed E-state index contributed by atoms with van der Waals surface area (Å²) in [5.74, 6) is -0.0326. The molecule has 1 fully saturated rings. The maximum absolute atomic E-state index is 13.4. The zero-order valence-corrected chi connectivity index (χ0v) is 20.1. The van der Waals surface area contributed by atoms with Crippen LogP contribution in [0.5, 0.6) is 0 Å². The lowest BCUT2D eigenvalue weighted by Gasteiger charge is -2.38. The number of aryl methyl sites for hydroxylation is 1. The Labute approximate surface area is 194 Å². The van der Waals surface area contributed by atoms with E-state index in [1.807, 2.05) is 33.0 Å². The largest absolute Gasteiger partial charge is 0.478 e. The number of anilines is 2. The summed E-state index contributed by atoms with van der Waals surface area (Å²) in [6.07, 6.45) is 2.17. The first-order valence-corrected chi connectivity index (χ1v) is 11.6. The van der Waals surface area contributed by atoms with E-state index < -0.39 is 5.97 Å². The van der Waals surface area contributed by atoms with Crippen LogP contribution in [0.15, 0.2) is 47.3 Å². The molecular formula is C27H33N3O3. The van der Waals surface area contributed by atoms with Gasteiger partial charge in [0.15, 0.2) is 0 Å². The van der Waals surface area contributed by atoms with Crippen molar-refractivity contribution in [1.29, 1.82) is 0 Å². The van der Waals surface area contributed by atoms with Gasteiger partial charge in [-0.3, -0.25) is 9.36 Å². The number of nitrogens with zero attached hydrogens (tertiary/aromatic N) is 2. The summed E-state index contributed by atoms with van der Waals surface area (Å²) in [4.78, 5) is 27.4. The number of hydrogen-bond donors (Lipinski definition) is 2. The Hall–Kier alpha value is -3.28. The van der Waals surface area contributed by atoms with Crippen molar-refractivity contribution < 1.29 is 9.90 Å². The van der Waals surface area contributed by atoms with Crippen molar-refractivity contribution in [1.82, 2.24) is 4.57 Å². The molecule has 6 heteroatoms. The summed E-state index contributed by atoms with van der Waals surface area (Å²) in [7, 11) is 1.85. The van der Waals surface area contributed by atoms with Crippen molar-refractivity contribution in [2.45, 2.75) is 46.6 Å². The van der Waals surface area contributed by atoms with Crippen molar-refractivity contribution in [3.63, 3.8) is 0 Å². The van der Waals surface area contributed by atoms with Crippen LogP contribution in [0, 0.1) is 12.3 Å². The Morgan fingerprint density at radius 2 is 1.76 bits per heavy atom. The van der Waals surface area contributed by atoms with Crippen LogP contribution in [0.2, 0.25) is 0 Å². The highest BCUT2D eigenvalue weighted by Crippen LogP contribution is 2.34. The molecule has 0 saturated carbocycles. The van der Waals surface area contributed by atoms with E-state index >= 15 is 0 Å². The van der Waals surface area contributed by atoms with E-state index in [1.54, 1.807) is 22.8 Å². The maximum Gasteiger partial charge on any atom is 0.337 e. The fraction of sp³-hybridized carbons (Fsp3) is 0.407. The number of carboxylic acids is 1. The van der Waals surface area contributed by atoms with Crippen LogP contribution in [-0.4, -0.2) is 28.7 Å². The number of pyridine rings is 1. The fourth-order valence-electron chi connectivity index (χ4n) is 4.78. The van der Waals surface area contributed by atoms with E-state index in [4.69, 9.17) is 0 Å².